The molecule has 0 spiro atoms. The number of aromatic nitrogens is 4. The highest BCUT2D eigenvalue weighted by Gasteiger charge is 2.61. The second-order valence-corrected chi connectivity index (χ2v) is 13.1. The third kappa shape index (κ3) is 6.20. The molecule has 1 aliphatic heterocycles. The van der Waals surface area contributed by atoms with Crippen LogP contribution in [-0.2, 0) is 23.4 Å². The van der Waals surface area contributed by atoms with Gasteiger partial charge in [-0.25, -0.2) is 13.9 Å². The van der Waals surface area contributed by atoms with Gasteiger partial charge in [-0.3, -0.25) is 23.7 Å². The normalized spacial score (nSPS) is 24.9. The number of nitrogens with two attached hydrogens (primary N) is 2. The summed E-state index contributed by atoms with van der Waals surface area (Å²) in [5, 5.41) is 11.3. The second-order valence-electron chi connectivity index (χ2n) is 11.2. The van der Waals surface area contributed by atoms with Crippen molar-refractivity contribution in [2.75, 3.05) is 18.6 Å². The van der Waals surface area contributed by atoms with Gasteiger partial charge in [0.1, 0.15) is 35.8 Å². The van der Waals surface area contributed by atoms with Crippen molar-refractivity contribution in [1.82, 2.24) is 19.5 Å². The molecule has 0 bridgehead atoms. The lowest BCUT2D eigenvalue weighted by Gasteiger charge is -2.37. The molecule has 1 saturated heterocycles. The summed E-state index contributed by atoms with van der Waals surface area (Å²) in [7, 11) is -4.20. The number of aromatic amines is 1. The minimum Gasteiger partial charge on any atom is -0.463 e. The van der Waals surface area contributed by atoms with Crippen molar-refractivity contribution in [2.45, 2.75) is 70.3 Å². The quantitative estimate of drug-likeness (QED) is 0.182. The first kappa shape index (κ1) is 31.6. The van der Waals surface area contributed by atoms with E-state index >= 15 is 0 Å². The Bertz CT molecular complexity index is 1530. The van der Waals surface area contributed by atoms with E-state index in [1.807, 2.05) is 0 Å². The van der Waals surface area contributed by atoms with Crippen LogP contribution in [0.4, 0.5) is 10.3 Å². The maximum Gasteiger partial charge on any atom is 0.380 e. The molecule has 42 heavy (non-hydrogen) atoms. The topological polar surface area (TPSA) is 207 Å². The van der Waals surface area contributed by atoms with Crippen LogP contribution in [-0.4, -0.2) is 72.9 Å². The molecule has 16 heteroatoms. The molecule has 3 aromatic rings. The zero-order chi connectivity index (χ0) is 31.0. The molecule has 6 N–H and O–H groups in total. The highest BCUT2D eigenvalue weighted by atomic mass is 31.2. The highest BCUT2D eigenvalue weighted by Crippen LogP contribution is 2.55. The number of hydrogen-bond donors (Lipinski definition) is 4. The molecule has 0 radical (unpaired) electrons. The fourth-order valence-corrected chi connectivity index (χ4v) is 7.07. The van der Waals surface area contributed by atoms with E-state index in [0.717, 1.165) is 0 Å². The van der Waals surface area contributed by atoms with Crippen molar-refractivity contribution >= 4 is 30.7 Å². The Labute approximate surface area is 241 Å². The van der Waals surface area contributed by atoms with E-state index in [1.54, 1.807) is 44.2 Å². The van der Waals surface area contributed by atoms with E-state index in [2.05, 4.69) is 15.0 Å². The number of anilines is 1. The number of benzene rings is 1. The molecule has 0 amide bonds. The molecule has 1 fully saturated rings. The minimum atomic E-state index is -4.20. The standard InChI is InChI=1S/C26H36FN6O8P/c1-14(2)38-22(36)15(3)11-42(37,40-16-9-7-6-8-10-16)41-25(4,5)19-18(34)26(29,12-27)23(39-19)33-13-30-17-20(33)31-24(28)32-21(17)35/h6-10,13-15,18-19,23,34H,11-12,29H2,1-5H3,(H3,28,31,32,35)/t15-,18+,19+,23-,26?,42?/m1/s1. The Morgan fingerprint density at radius 3 is 2.60 bits per heavy atom. The zero-order valence-electron chi connectivity index (χ0n) is 23.9. The van der Waals surface area contributed by atoms with Crippen LogP contribution in [0.2, 0.25) is 0 Å². The number of halogens is 1. The van der Waals surface area contributed by atoms with Crippen molar-refractivity contribution < 1.29 is 37.4 Å². The van der Waals surface area contributed by atoms with Crippen molar-refractivity contribution in [3.8, 4) is 5.75 Å². The van der Waals surface area contributed by atoms with E-state index in [1.165, 1.54) is 31.7 Å². The molecule has 0 aliphatic carbocycles. The van der Waals surface area contributed by atoms with Crippen molar-refractivity contribution in [1.29, 1.82) is 0 Å². The Hall–Kier alpha value is -3.36. The Balaban J connectivity index is 1.68. The molecule has 6 atom stereocenters. The molecule has 230 valence electrons. The van der Waals surface area contributed by atoms with Gasteiger partial charge in [-0.05, 0) is 39.8 Å². The third-order valence-electron chi connectivity index (χ3n) is 6.81. The fourth-order valence-electron chi connectivity index (χ4n) is 4.80. The van der Waals surface area contributed by atoms with E-state index in [9.17, 15) is 23.7 Å². The number of aliphatic hydroxyl groups is 1. The predicted molar refractivity (Wildman–Crippen MR) is 150 cm³/mol. The second kappa shape index (κ2) is 11.7. The van der Waals surface area contributed by atoms with Crippen LogP contribution < -0.4 is 21.6 Å². The van der Waals surface area contributed by atoms with Gasteiger partial charge in [-0.15, -0.1) is 0 Å². The highest BCUT2D eigenvalue weighted by molar-refractivity contribution is 7.54. The van der Waals surface area contributed by atoms with E-state index in [-0.39, 0.29) is 29.0 Å². The maximum absolute atomic E-state index is 14.6. The van der Waals surface area contributed by atoms with E-state index < -0.39 is 67.4 Å². The van der Waals surface area contributed by atoms with Gasteiger partial charge in [-0.2, -0.15) is 4.98 Å². The van der Waals surface area contributed by atoms with Gasteiger partial charge in [-0.1, -0.05) is 25.1 Å². The predicted octanol–water partition coefficient (Wildman–Crippen LogP) is 2.28. The van der Waals surface area contributed by atoms with E-state index in [0.29, 0.717) is 0 Å². The Kier molecular flexibility index (Phi) is 8.82. The summed E-state index contributed by atoms with van der Waals surface area (Å²) < 4.78 is 53.4. The molecule has 4 rings (SSSR count). The number of ether oxygens (including phenoxy) is 2. The lowest BCUT2D eigenvalue weighted by atomic mass is 9.86. The van der Waals surface area contributed by atoms with Crippen LogP contribution in [0.5, 0.6) is 5.75 Å². The Morgan fingerprint density at radius 2 is 1.98 bits per heavy atom. The molecule has 14 nitrogen and oxygen atoms in total. The number of carbonyl (C=O) groups is 1. The number of fused-ring (bicyclic) bond motifs is 1. The number of alkyl halides is 1. The minimum absolute atomic E-state index is 0.0494. The molecular weight excluding hydrogens is 574 g/mol. The summed E-state index contributed by atoms with van der Waals surface area (Å²) >= 11 is 0. The first-order chi connectivity index (χ1) is 19.6. The first-order valence-corrected chi connectivity index (χ1v) is 15.0. The fraction of sp³-hybridized carbons (Fsp3) is 0.538. The number of nitrogens with one attached hydrogen (secondary N) is 1. The molecule has 3 heterocycles. The van der Waals surface area contributed by atoms with Gasteiger partial charge in [0.15, 0.2) is 17.4 Å². The summed E-state index contributed by atoms with van der Waals surface area (Å²) in [6.07, 6.45) is -4.14. The number of esters is 1. The summed E-state index contributed by atoms with van der Waals surface area (Å²) in [5.74, 6) is -1.51. The summed E-state index contributed by atoms with van der Waals surface area (Å²) in [4.78, 5) is 35.3. The van der Waals surface area contributed by atoms with Gasteiger partial charge in [0.2, 0.25) is 5.95 Å². The number of nitrogen functional groups attached to an aromatic ring is 1. The third-order valence-corrected chi connectivity index (χ3v) is 9.04. The molecule has 2 aromatic heterocycles. The van der Waals surface area contributed by atoms with Gasteiger partial charge >= 0.3 is 13.6 Å². The van der Waals surface area contributed by atoms with Gasteiger partial charge in [0.05, 0.1) is 24.5 Å². The van der Waals surface area contributed by atoms with Crippen LogP contribution >= 0.6 is 7.60 Å². The number of carbonyl (C=O) groups excluding carboxylic acids is 1. The maximum atomic E-state index is 14.6. The lowest BCUT2D eigenvalue weighted by Crippen LogP contribution is -2.58. The Morgan fingerprint density at radius 1 is 1.31 bits per heavy atom. The summed E-state index contributed by atoms with van der Waals surface area (Å²) in [6.45, 7) is 6.57. The number of nitrogens with zero attached hydrogens (tertiary/aromatic N) is 3. The zero-order valence-corrected chi connectivity index (χ0v) is 24.8. The van der Waals surface area contributed by atoms with Gasteiger partial charge in [0.25, 0.3) is 5.56 Å². The first-order valence-electron chi connectivity index (χ1n) is 13.3. The monoisotopic (exact) mass is 610 g/mol. The van der Waals surface area contributed by atoms with Crippen molar-refractivity contribution in [3.63, 3.8) is 0 Å². The van der Waals surface area contributed by atoms with Gasteiger partial charge < -0.3 is 30.6 Å². The molecular formula is C26H36FN6O8P. The molecule has 2 unspecified atom stereocenters. The number of aliphatic hydroxyl groups excluding tert-OH is 1. The summed E-state index contributed by atoms with van der Waals surface area (Å²) in [5.41, 5.74) is 7.58. The average molecular weight is 611 g/mol. The van der Waals surface area contributed by atoms with Crippen LogP contribution in [0.15, 0.2) is 41.5 Å². The van der Waals surface area contributed by atoms with Crippen LogP contribution in [0.25, 0.3) is 11.2 Å². The van der Waals surface area contributed by atoms with Crippen LogP contribution in [0, 0.1) is 5.92 Å². The van der Waals surface area contributed by atoms with Crippen LogP contribution in [0.1, 0.15) is 40.8 Å². The number of hydrogen-bond acceptors (Lipinski definition) is 12. The smallest absolute Gasteiger partial charge is 0.380 e. The number of para-hydroxylation sites is 1. The molecule has 1 aliphatic rings. The SMILES string of the molecule is CC(C)OC(=O)[C@H](C)CP(=O)(Oc1ccccc1)OC(C)(C)[C@H]1O[C@@H](n2cnc3c(=O)[nH]c(N)nc32)C(N)(CF)[C@H]1O. The van der Waals surface area contributed by atoms with Crippen molar-refractivity contribution in [3.05, 3.63) is 47.0 Å². The number of H-pyrrole nitrogens is 1. The molecule has 1 aromatic carbocycles. The van der Waals surface area contributed by atoms with Crippen LogP contribution in [0.3, 0.4) is 0 Å². The summed E-state index contributed by atoms with van der Waals surface area (Å²) in [6, 6.07) is 8.20. The molecule has 0 saturated carbocycles. The number of imidazole rings is 1. The van der Waals surface area contributed by atoms with Crippen molar-refractivity contribution in [2.24, 2.45) is 11.7 Å². The van der Waals surface area contributed by atoms with Gasteiger partial charge in [0, 0.05) is 0 Å². The van der Waals surface area contributed by atoms with E-state index in [4.69, 9.17) is 30.0 Å². The largest absolute Gasteiger partial charge is 0.463 e. The number of rotatable bonds is 11. The lowest BCUT2D eigenvalue weighted by molar-refractivity contribution is -0.151. The average Bonchev–Trinajstić information content (AvgIpc) is 3.42.